The zero-order valence-electron chi connectivity index (χ0n) is 14.2. The van der Waals surface area contributed by atoms with E-state index in [0.29, 0.717) is 24.5 Å². The predicted molar refractivity (Wildman–Crippen MR) is 99.6 cm³/mol. The lowest BCUT2D eigenvalue weighted by Gasteiger charge is -2.17. The molecule has 0 aromatic heterocycles. The van der Waals surface area contributed by atoms with Gasteiger partial charge in [-0.2, -0.15) is 0 Å². The second kappa shape index (κ2) is 7.70. The Bertz CT molecular complexity index is 756. The molecule has 1 aliphatic rings. The Labute approximate surface area is 152 Å². The van der Waals surface area contributed by atoms with Crippen LogP contribution in [-0.2, 0) is 22.6 Å². The lowest BCUT2D eigenvalue weighted by Crippen LogP contribution is -2.36. The number of amides is 2. The molecule has 2 aromatic rings. The molecule has 0 spiro atoms. The number of halogens is 1. The van der Waals surface area contributed by atoms with Crippen molar-refractivity contribution in [3.63, 3.8) is 0 Å². The van der Waals surface area contributed by atoms with Crippen LogP contribution in [0.1, 0.15) is 24.5 Å². The van der Waals surface area contributed by atoms with Gasteiger partial charge in [0.15, 0.2) is 0 Å². The van der Waals surface area contributed by atoms with E-state index in [9.17, 15) is 9.59 Å². The summed E-state index contributed by atoms with van der Waals surface area (Å²) in [5.41, 5.74) is 3.07. The van der Waals surface area contributed by atoms with Crippen molar-refractivity contribution < 1.29 is 9.59 Å². The van der Waals surface area contributed by atoms with Crippen molar-refractivity contribution in [3.8, 4) is 0 Å². The maximum absolute atomic E-state index is 12.6. The van der Waals surface area contributed by atoms with Crippen LogP contribution in [0.25, 0.3) is 0 Å². The lowest BCUT2D eigenvalue weighted by atomic mass is 10.1. The molecule has 25 heavy (non-hydrogen) atoms. The highest BCUT2D eigenvalue weighted by Crippen LogP contribution is 2.26. The maximum Gasteiger partial charge on any atom is 0.239 e. The molecule has 1 fully saturated rings. The van der Waals surface area contributed by atoms with Crippen LogP contribution in [0.4, 0.5) is 5.69 Å². The van der Waals surface area contributed by atoms with E-state index in [1.165, 1.54) is 5.56 Å². The molecule has 1 N–H and O–H groups in total. The van der Waals surface area contributed by atoms with Crippen LogP contribution >= 0.6 is 11.6 Å². The average molecular weight is 357 g/mol. The Hall–Kier alpha value is -2.33. The van der Waals surface area contributed by atoms with Crippen LogP contribution in [0.2, 0.25) is 5.02 Å². The highest BCUT2D eigenvalue weighted by molar-refractivity contribution is 6.30. The Balaban J connectivity index is 1.59. The minimum atomic E-state index is -0.620. The molecule has 0 radical (unpaired) electrons. The molecule has 0 bridgehead atoms. The molecule has 1 saturated heterocycles. The Morgan fingerprint density at radius 3 is 2.40 bits per heavy atom. The molecular formula is C20H21ClN2O2. The smallest absolute Gasteiger partial charge is 0.239 e. The van der Waals surface area contributed by atoms with E-state index >= 15 is 0 Å². The van der Waals surface area contributed by atoms with Gasteiger partial charge in [-0.1, -0.05) is 42.8 Å². The molecule has 3 rings (SSSR count). The van der Waals surface area contributed by atoms with Gasteiger partial charge in [0.2, 0.25) is 11.8 Å². The summed E-state index contributed by atoms with van der Waals surface area (Å²) in [7, 11) is 0. The maximum atomic E-state index is 12.6. The van der Waals surface area contributed by atoms with Crippen molar-refractivity contribution in [2.45, 2.75) is 26.3 Å². The molecule has 2 amide bonds. The highest BCUT2D eigenvalue weighted by Gasteiger charge is 2.37. The quantitative estimate of drug-likeness (QED) is 0.832. The number of nitrogens with zero attached hydrogens (tertiary/aromatic N) is 1. The summed E-state index contributed by atoms with van der Waals surface area (Å²) >= 11 is 5.88. The minimum Gasteiger partial charge on any atom is -0.351 e. The van der Waals surface area contributed by atoms with Gasteiger partial charge < -0.3 is 10.2 Å². The number of hydrogen-bond acceptors (Lipinski definition) is 2. The number of benzene rings is 2. The van der Waals surface area contributed by atoms with Gasteiger partial charge in [-0.15, -0.1) is 0 Å². The first-order valence-electron chi connectivity index (χ1n) is 8.51. The Morgan fingerprint density at radius 1 is 1.12 bits per heavy atom. The van der Waals surface area contributed by atoms with Crippen LogP contribution in [-0.4, -0.2) is 18.4 Å². The average Bonchev–Trinajstić information content (AvgIpc) is 3.02. The Kier molecular flexibility index (Phi) is 5.39. The summed E-state index contributed by atoms with van der Waals surface area (Å²) < 4.78 is 0. The molecule has 1 atom stereocenters. The second-order valence-corrected chi connectivity index (χ2v) is 6.63. The number of carbonyl (C=O) groups excluding carboxylic acids is 2. The van der Waals surface area contributed by atoms with Gasteiger partial charge in [0, 0.05) is 23.8 Å². The van der Waals surface area contributed by atoms with Crippen LogP contribution in [0.15, 0.2) is 48.5 Å². The van der Waals surface area contributed by atoms with Crippen molar-refractivity contribution in [1.29, 1.82) is 0 Å². The summed E-state index contributed by atoms with van der Waals surface area (Å²) in [5, 5.41) is 3.51. The van der Waals surface area contributed by atoms with E-state index in [1.54, 1.807) is 29.2 Å². The standard InChI is InChI=1S/C20H21ClN2O2/c1-2-14-3-5-15(6-4-14)13-22-19(24)18-11-12-23(20(18)25)17-9-7-16(21)8-10-17/h3-10,18H,2,11-13H2,1H3,(H,22,24). The normalized spacial score (nSPS) is 17.0. The lowest BCUT2D eigenvalue weighted by molar-refractivity contribution is -0.132. The van der Waals surface area contributed by atoms with Gasteiger partial charge in [0.05, 0.1) is 0 Å². The number of anilines is 1. The fraction of sp³-hybridized carbons (Fsp3) is 0.300. The topological polar surface area (TPSA) is 49.4 Å². The summed E-state index contributed by atoms with van der Waals surface area (Å²) in [5.74, 6) is -0.979. The van der Waals surface area contributed by atoms with Crippen LogP contribution in [0, 0.1) is 5.92 Å². The van der Waals surface area contributed by atoms with Gasteiger partial charge >= 0.3 is 0 Å². The zero-order chi connectivity index (χ0) is 17.8. The summed E-state index contributed by atoms with van der Waals surface area (Å²) in [6.07, 6.45) is 1.52. The van der Waals surface area contributed by atoms with Gasteiger partial charge in [-0.25, -0.2) is 0 Å². The van der Waals surface area contributed by atoms with Crippen molar-refractivity contribution in [2.24, 2.45) is 5.92 Å². The second-order valence-electron chi connectivity index (χ2n) is 6.20. The van der Waals surface area contributed by atoms with Crippen molar-refractivity contribution in [3.05, 3.63) is 64.7 Å². The highest BCUT2D eigenvalue weighted by atomic mass is 35.5. The van der Waals surface area contributed by atoms with Crippen LogP contribution in [0.3, 0.4) is 0 Å². The molecule has 1 aliphatic heterocycles. The minimum absolute atomic E-state index is 0.152. The first-order valence-corrected chi connectivity index (χ1v) is 8.88. The number of carbonyl (C=O) groups is 2. The fourth-order valence-electron chi connectivity index (χ4n) is 3.01. The molecule has 0 aliphatic carbocycles. The van der Waals surface area contributed by atoms with Gasteiger partial charge in [0.25, 0.3) is 0 Å². The summed E-state index contributed by atoms with van der Waals surface area (Å²) in [6.45, 7) is 3.09. The summed E-state index contributed by atoms with van der Waals surface area (Å²) in [4.78, 5) is 26.6. The predicted octanol–water partition coefficient (Wildman–Crippen LogP) is 3.57. The molecule has 2 aromatic carbocycles. The van der Waals surface area contributed by atoms with E-state index < -0.39 is 5.92 Å². The van der Waals surface area contributed by atoms with Crippen LogP contribution in [0.5, 0.6) is 0 Å². The van der Waals surface area contributed by atoms with Gasteiger partial charge in [-0.3, -0.25) is 9.59 Å². The van der Waals surface area contributed by atoms with Crippen molar-refractivity contribution in [1.82, 2.24) is 5.32 Å². The number of rotatable bonds is 5. The van der Waals surface area contributed by atoms with Gasteiger partial charge in [0.1, 0.15) is 5.92 Å². The first kappa shape index (κ1) is 17.5. The largest absolute Gasteiger partial charge is 0.351 e. The van der Waals surface area contributed by atoms with Crippen molar-refractivity contribution in [2.75, 3.05) is 11.4 Å². The SMILES string of the molecule is CCc1ccc(CNC(=O)C2CCN(c3ccc(Cl)cc3)C2=O)cc1. The van der Waals surface area contributed by atoms with Gasteiger partial charge in [-0.05, 0) is 48.2 Å². The number of aryl methyl sites for hydroxylation is 1. The molecule has 4 nitrogen and oxygen atoms in total. The summed E-state index contributed by atoms with van der Waals surface area (Å²) in [6, 6.07) is 15.2. The van der Waals surface area contributed by atoms with E-state index in [2.05, 4.69) is 24.4 Å². The third-order valence-electron chi connectivity index (χ3n) is 4.56. The fourth-order valence-corrected chi connectivity index (χ4v) is 3.13. The molecule has 1 unspecified atom stereocenters. The third-order valence-corrected chi connectivity index (χ3v) is 4.81. The Morgan fingerprint density at radius 2 is 1.76 bits per heavy atom. The van der Waals surface area contributed by atoms with E-state index in [1.807, 2.05) is 12.1 Å². The van der Waals surface area contributed by atoms with E-state index in [-0.39, 0.29) is 11.8 Å². The van der Waals surface area contributed by atoms with Crippen molar-refractivity contribution >= 4 is 29.1 Å². The zero-order valence-corrected chi connectivity index (χ0v) is 14.9. The molecule has 1 heterocycles. The molecule has 0 saturated carbocycles. The number of hydrogen-bond donors (Lipinski definition) is 1. The van der Waals surface area contributed by atoms with E-state index in [4.69, 9.17) is 11.6 Å². The molecule has 130 valence electrons. The third kappa shape index (κ3) is 4.02. The monoisotopic (exact) mass is 356 g/mol. The molecule has 5 heteroatoms. The van der Waals surface area contributed by atoms with E-state index in [0.717, 1.165) is 17.7 Å². The number of nitrogens with one attached hydrogen (secondary N) is 1. The first-order chi connectivity index (χ1) is 12.1. The molecular weight excluding hydrogens is 336 g/mol. The van der Waals surface area contributed by atoms with Crippen LogP contribution < -0.4 is 10.2 Å².